The van der Waals surface area contributed by atoms with Gasteiger partial charge in [0.25, 0.3) is 0 Å². The van der Waals surface area contributed by atoms with Gasteiger partial charge in [-0.3, -0.25) is 4.90 Å². The molecule has 0 N–H and O–H groups in total. The van der Waals surface area contributed by atoms with E-state index >= 15 is 0 Å². The SMILES string of the molecule is CN1CCc2ccccc2C1(C)C[Si](C)(C)C. The Bertz CT molecular complexity index is 408. The molecule has 0 saturated carbocycles. The van der Waals surface area contributed by atoms with Crippen molar-refractivity contribution in [2.24, 2.45) is 0 Å². The average Bonchev–Trinajstić information content (AvgIpc) is 2.22. The van der Waals surface area contributed by atoms with E-state index in [9.17, 15) is 0 Å². The molecule has 1 aromatic carbocycles. The van der Waals surface area contributed by atoms with Crippen LogP contribution in [0.1, 0.15) is 18.1 Å². The van der Waals surface area contributed by atoms with Crippen molar-refractivity contribution in [1.82, 2.24) is 4.90 Å². The summed E-state index contributed by atoms with van der Waals surface area (Å²) in [6.07, 6.45) is 1.20. The fraction of sp³-hybridized carbons (Fsp3) is 0.600. The fourth-order valence-electron chi connectivity index (χ4n) is 3.27. The Hall–Kier alpha value is -0.603. The maximum atomic E-state index is 2.56. The minimum Gasteiger partial charge on any atom is -0.297 e. The minimum absolute atomic E-state index is 0.249. The highest BCUT2D eigenvalue weighted by Gasteiger charge is 2.39. The monoisotopic (exact) mass is 247 g/mol. The summed E-state index contributed by atoms with van der Waals surface area (Å²) >= 11 is 0. The summed E-state index contributed by atoms with van der Waals surface area (Å²) in [5.74, 6) is 0. The standard InChI is InChI=1S/C15H25NSi/c1-15(12-17(3,4)5)14-9-7-6-8-13(14)10-11-16(15)2/h6-9H,10-12H2,1-5H3. The maximum Gasteiger partial charge on any atom is 0.0464 e. The van der Waals surface area contributed by atoms with E-state index in [1.54, 1.807) is 11.1 Å². The highest BCUT2D eigenvalue weighted by Crippen LogP contribution is 2.40. The van der Waals surface area contributed by atoms with E-state index in [4.69, 9.17) is 0 Å². The molecule has 1 nitrogen and oxygen atoms in total. The van der Waals surface area contributed by atoms with Crippen molar-refractivity contribution in [3.05, 3.63) is 35.4 Å². The normalized spacial score (nSPS) is 25.7. The van der Waals surface area contributed by atoms with Crippen molar-refractivity contribution in [2.45, 2.75) is 44.6 Å². The Kier molecular flexibility index (Phi) is 3.21. The highest BCUT2D eigenvalue weighted by atomic mass is 28.3. The molecule has 0 bridgehead atoms. The number of fused-ring (bicyclic) bond motifs is 1. The summed E-state index contributed by atoms with van der Waals surface area (Å²) in [5.41, 5.74) is 3.38. The van der Waals surface area contributed by atoms with E-state index in [1.807, 2.05) is 0 Å². The molecule has 1 unspecified atom stereocenters. The lowest BCUT2D eigenvalue weighted by Crippen LogP contribution is -2.49. The van der Waals surface area contributed by atoms with Crippen LogP contribution in [0.15, 0.2) is 24.3 Å². The first-order chi connectivity index (χ1) is 7.83. The summed E-state index contributed by atoms with van der Waals surface area (Å²) in [6, 6.07) is 10.4. The van der Waals surface area contributed by atoms with Crippen molar-refractivity contribution in [1.29, 1.82) is 0 Å². The van der Waals surface area contributed by atoms with Gasteiger partial charge in [0.2, 0.25) is 0 Å². The van der Waals surface area contributed by atoms with Crippen LogP contribution >= 0.6 is 0 Å². The Morgan fingerprint density at radius 1 is 1.24 bits per heavy atom. The summed E-state index contributed by atoms with van der Waals surface area (Å²) in [5, 5.41) is 0. The van der Waals surface area contributed by atoms with Crippen LogP contribution in [0.3, 0.4) is 0 Å². The third kappa shape index (κ3) is 2.48. The predicted octanol–water partition coefficient (Wildman–Crippen LogP) is 3.73. The van der Waals surface area contributed by atoms with Gasteiger partial charge in [-0.2, -0.15) is 0 Å². The van der Waals surface area contributed by atoms with Crippen molar-refractivity contribution >= 4 is 8.07 Å². The molecule has 17 heavy (non-hydrogen) atoms. The van der Waals surface area contributed by atoms with E-state index in [1.165, 1.54) is 19.0 Å². The van der Waals surface area contributed by atoms with E-state index in [0.717, 1.165) is 0 Å². The molecule has 1 atom stereocenters. The van der Waals surface area contributed by atoms with Gasteiger partial charge in [0.1, 0.15) is 0 Å². The second-order valence-corrected chi connectivity index (χ2v) is 12.3. The van der Waals surface area contributed by atoms with Crippen LogP contribution in [-0.4, -0.2) is 26.6 Å². The molecule has 0 amide bonds. The van der Waals surface area contributed by atoms with Crippen molar-refractivity contribution < 1.29 is 0 Å². The molecule has 0 radical (unpaired) electrons. The molecular weight excluding hydrogens is 222 g/mol. The van der Waals surface area contributed by atoms with Crippen molar-refractivity contribution in [3.8, 4) is 0 Å². The molecule has 0 saturated heterocycles. The quantitative estimate of drug-likeness (QED) is 0.720. The first-order valence-corrected chi connectivity index (χ1v) is 10.3. The van der Waals surface area contributed by atoms with Crippen LogP contribution in [0.4, 0.5) is 0 Å². The predicted molar refractivity (Wildman–Crippen MR) is 78.3 cm³/mol. The first kappa shape index (κ1) is 12.8. The van der Waals surface area contributed by atoms with Gasteiger partial charge in [-0.15, -0.1) is 0 Å². The Morgan fingerprint density at radius 2 is 1.88 bits per heavy atom. The van der Waals surface area contributed by atoms with Crippen LogP contribution < -0.4 is 0 Å². The second-order valence-electron chi connectivity index (χ2n) is 6.84. The van der Waals surface area contributed by atoms with Gasteiger partial charge in [-0.25, -0.2) is 0 Å². The third-order valence-electron chi connectivity index (χ3n) is 4.03. The number of hydrogen-bond acceptors (Lipinski definition) is 1. The zero-order chi connectivity index (χ0) is 12.7. The van der Waals surface area contributed by atoms with Crippen LogP contribution in [0.25, 0.3) is 0 Å². The Balaban J connectivity index is 2.44. The molecule has 2 rings (SSSR count). The number of hydrogen-bond donors (Lipinski definition) is 0. The van der Waals surface area contributed by atoms with E-state index < -0.39 is 8.07 Å². The lowest BCUT2D eigenvalue weighted by atomic mass is 9.83. The summed E-state index contributed by atoms with van der Waals surface area (Å²) in [6.45, 7) is 11.1. The second kappa shape index (κ2) is 4.25. The lowest BCUT2D eigenvalue weighted by molar-refractivity contribution is 0.142. The van der Waals surface area contributed by atoms with Crippen LogP contribution in [0.2, 0.25) is 25.7 Å². The Labute approximate surface area is 107 Å². The number of likely N-dealkylation sites (N-methyl/N-ethyl adjacent to an activating group) is 1. The van der Waals surface area contributed by atoms with E-state index in [0.29, 0.717) is 0 Å². The molecule has 2 heteroatoms. The summed E-state index contributed by atoms with van der Waals surface area (Å²) < 4.78 is 0. The van der Waals surface area contributed by atoms with Crippen LogP contribution in [-0.2, 0) is 12.0 Å². The van der Waals surface area contributed by atoms with Gasteiger partial charge >= 0.3 is 0 Å². The largest absolute Gasteiger partial charge is 0.297 e. The van der Waals surface area contributed by atoms with Gasteiger partial charge in [-0.05, 0) is 37.6 Å². The molecular formula is C15H25NSi. The Morgan fingerprint density at radius 3 is 2.53 bits per heavy atom. The molecule has 0 spiro atoms. The average molecular weight is 247 g/mol. The smallest absolute Gasteiger partial charge is 0.0464 e. The van der Waals surface area contributed by atoms with Gasteiger partial charge in [0, 0.05) is 20.2 Å². The molecule has 1 aromatic rings. The van der Waals surface area contributed by atoms with Crippen molar-refractivity contribution in [2.75, 3.05) is 13.6 Å². The molecule has 94 valence electrons. The van der Waals surface area contributed by atoms with Crippen LogP contribution in [0, 0.1) is 0 Å². The number of nitrogens with zero attached hydrogens (tertiary/aromatic N) is 1. The van der Waals surface area contributed by atoms with Crippen molar-refractivity contribution in [3.63, 3.8) is 0 Å². The molecule has 0 aliphatic carbocycles. The summed E-state index contributed by atoms with van der Waals surface area (Å²) in [4.78, 5) is 2.56. The van der Waals surface area contributed by atoms with E-state index in [2.05, 4.69) is 62.8 Å². The molecule has 0 aromatic heterocycles. The summed E-state index contributed by atoms with van der Waals surface area (Å²) in [7, 11) is 1.22. The number of rotatable bonds is 2. The topological polar surface area (TPSA) is 3.24 Å². The van der Waals surface area contributed by atoms with Gasteiger partial charge in [-0.1, -0.05) is 43.9 Å². The third-order valence-corrected chi connectivity index (χ3v) is 5.78. The van der Waals surface area contributed by atoms with Gasteiger partial charge < -0.3 is 0 Å². The number of benzene rings is 1. The highest BCUT2D eigenvalue weighted by molar-refractivity contribution is 6.76. The first-order valence-electron chi connectivity index (χ1n) is 6.63. The molecule has 1 aliphatic rings. The zero-order valence-electron chi connectivity index (χ0n) is 11.9. The van der Waals surface area contributed by atoms with E-state index in [-0.39, 0.29) is 5.54 Å². The molecule has 1 aliphatic heterocycles. The zero-order valence-corrected chi connectivity index (χ0v) is 12.9. The van der Waals surface area contributed by atoms with Crippen LogP contribution in [0.5, 0.6) is 0 Å². The van der Waals surface area contributed by atoms with Gasteiger partial charge in [0.05, 0.1) is 0 Å². The van der Waals surface area contributed by atoms with Gasteiger partial charge in [0.15, 0.2) is 0 Å². The molecule has 1 heterocycles. The minimum atomic E-state index is -1.07. The fourth-order valence-corrected chi connectivity index (χ4v) is 5.79. The maximum absolute atomic E-state index is 2.56. The molecule has 0 fully saturated rings. The lowest BCUT2D eigenvalue weighted by Gasteiger charge is -2.47.